The molecule has 0 fully saturated rings. The van der Waals surface area contributed by atoms with Gasteiger partial charge in [-0.1, -0.05) is 0 Å². The first-order chi connectivity index (χ1) is 6.06. The van der Waals surface area contributed by atoms with Crippen molar-refractivity contribution in [1.82, 2.24) is 4.98 Å². The zero-order valence-corrected chi connectivity index (χ0v) is 8.19. The molecule has 0 aliphatic carbocycles. The van der Waals surface area contributed by atoms with Crippen molar-refractivity contribution in [3.05, 3.63) is 26.6 Å². The second-order valence-corrected chi connectivity index (χ2v) is 3.08. The van der Waals surface area contributed by atoms with E-state index in [4.69, 9.17) is 0 Å². The molecule has 72 valence electrons. The van der Waals surface area contributed by atoms with Crippen molar-refractivity contribution in [3.8, 4) is 5.75 Å². The molecule has 6 heteroatoms. The maximum absolute atomic E-state index is 12.3. The van der Waals surface area contributed by atoms with Crippen molar-refractivity contribution < 1.29 is 13.5 Å². The van der Waals surface area contributed by atoms with Crippen LogP contribution in [-0.2, 0) is 0 Å². The topological polar surface area (TPSA) is 42.1 Å². The summed E-state index contributed by atoms with van der Waals surface area (Å²) >= 11 is 2.90. The van der Waals surface area contributed by atoms with E-state index in [0.717, 1.165) is 0 Å². The monoisotopic (exact) mass is 253 g/mol. The van der Waals surface area contributed by atoms with E-state index in [1.165, 1.54) is 13.2 Å². The van der Waals surface area contributed by atoms with Crippen molar-refractivity contribution in [1.29, 1.82) is 0 Å². The Kier molecular flexibility index (Phi) is 3.02. The number of pyridine rings is 1. The average Bonchev–Trinajstić information content (AvgIpc) is 2.08. The fourth-order valence-electron chi connectivity index (χ4n) is 0.833. The third-order valence-corrected chi connectivity index (χ3v) is 2.02. The molecule has 1 aromatic rings. The lowest BCUT2D eigenvalue weighted by Gasteiger charge is -2.06. The highest BCUT2D eigenvalue weighted by Crippen LogP contribution is 2.26. The Morgan fingerprint density at radius 3 is 2.69 bits per heavy atom. The van der Waals surface area contributed by atoms with Gasteiger partial charge in [0.05, 0.1) is 11.6 Å². The maximum Gasteiger partial charge on any atom is 0.281 e. The van der Waals surface area contributed by atoms with Crippen LogP contribution in [0.5, 0.6) is 5.75 Å². The summed E-state index contributed by atoms with van der Waals surface area (Å²) in [6.07, 6.45) is -2.75. The quantitative estimate of drug-likeness (QED) is 0.877. The van der Waals surface area contributed by atoms with Crippen LogP contribution in [0, 0.1) is 0 Å². The van der Waals surface area contributed by atoms with Gasteiger partial charge in [0.1, 0.15) is 11.4 Å². The fourth-order valence-corrected chi connectivity index (χ4v) is 1.14. The highest BCUT2D eigenvalue weighted by atomic mass is 79.9. The molecule has 0 unspecified atom stereocenters. The van der Waals surface area contributed by atoms with Crippen LogP contribution in [0.25, 0.3) is 0 Å². The van der Waals surface area contributed by atoms with Crippen molar-refractivity contribution in [3.63, 3.8) is 0 Å². The second kappa shape index (κ2) is 3.87. The summed E-state index contributed by atoms with van der Waals surface area (Å²) in [5.74, 6) is -0.0403. The Bertz CT molecular complexity index is 364. The summed E-state index contributed by atoms with van der Waals surface area (Å²) in [6, 6.07) is 1.21. The number of aromatic amines is 1. The highest BCUT2D eigenvalue weighted by molar-refractivity contribution is 9.10. The first kappa shape index (κ1) is 10.2. The van der Waals surface area contributed by atoms with E-state index in [1.54, 1.807) is 0 Å². The molecule has 0 saturated carbocycles. The van der Waals surface area contributed by atoms with Gasteiger partial charge in [-0.3, -0.25) is 4.79 Å². The Morgan fingerprint density at radius 1 is 1.62 bits per heavy atom. The van der Waals surface area contributed by atoms with Crippen LogP contribution in [0.1, 0.15) is 12.1 Å². The molecule has 1 heterocycles. The normalized spacial score (nSPS) is 10.5. The molecule has 0 bridgehead atoms. The van der Waals surface area contributed by atoms with Crippen LogP contribution < -0.4 is 10.3 Å². The van der Waals surface area contributed by atoms with Gasteiger partial charge in [-0.15, -0.1) is 0 Å². The Labute approximate surface area is 80.9 Å². The predicted octanol–water partition coefficient (Wildman–Crippen LogP) is 2.08. The number of ether oxygens (including phenoxy) is 1. The van der Waals surface area contributed by atoms with Crippen LogP contribution in [0.15, 0.2) is 15.3 Å². The summed E-state index contributed by atoms with van der Waals surface area (Å²) in [6.45, 7) is 0. The van der Waals surface area contributed by atoms with Crippen molar-refractivity contribution >= 4 is 15.9 Å². The highest BCUT2D eigenvalue weighted by Gasteiger charge is 2.16. The molecule has 0 spiro atoms. The van der Waals surface area contributed by atoms with E-state index in [2.05, 4.69) is 20.7 Å². The number of aromatic nitrogens is 1. The van der Waals surface area contributed by atoms with Gasteiger partial charge in [-0.05, 0) is 15.9 Å². The molecular formula is C7H6BrF2NO2. The summed E-state index contributed by atoms with van der Waals surface area (Å²) in [5, 5.41) is 0. The third-order valence-electron chi connectivity index (χ3n) is 1.43. The van der Waals surface area contributed by atoms with E-state index in [0.29, 0.717) is 0 Å². The molecule has 0 aliphatic rings. The molecule has 0 radical (unpaired) electrons. The van der Waals surface area contributed by atoms with Crippen LogP contribution in [-0.4, -0.2) is 12.1 Å². The molecule has 0 aliphatic heterocycles. The van der Waals surface area contributed by atoms with Crippen LogP contribution in [0.2, 0.25) is 0 Å². The number of alkyl halides is 2. The second-order valence-electron chi connectivity index (χ2n) is 2.23. The molecule has 3 nitrogen and oxygen atoms in total. The Balaban J connectivity index is 3.33. The van der Waals surface area contributed by atoms with Gasteiger partial charge in [0.2, 0.25) is 0 Å². The molecule has 1 N–H and O–H groups in total. The van der Waals surface area contributed by atoms with Crippen molar-refractivity contribution in [2.24, 2.45) is 0 Å². The smallest absolute Gasteiger partial charge is 0.281 e. The van der Waals surface area contributed by atoms with Gasteiger partial charge >= 0.3 is 0 Å². The largest absolute Gasteiger partial charge is 0.495 e. The summed E-state index contributed by atoms with van der Waals surface area (Å²) in [7, 11) is 1.26. The van der Waals surface area contributed by atoms with E-state index < -0.39 is 17.7 Å². The lowest BCUT2D eigenvalue weighted by Crippen LogP contribution is -2.11. The maximum atomic E-state index is 12.3. The van der Waals surface area contributed by atoms with E-state index >= 15 is 0 Å². The molecule has 1 aromatic heterocycles. The molecule has 1 rings (SSSR count). The molecule has 0 amide bonds. The minimum absolute atomic E-state index is 0.0403. The number of halogens is 3. The number of hydrogen-bond donors (Lipinski definition) is 1. The number of hydrogen-bond acceptors (Lipinski definition) is 2. The molecule has 13 heavy (non-hydrogen) atoms. The first-order valence-corrected chi connectivity index (χ1v) is 4.10. The average molecular weight is 254 g/mol. The van der Waals surface area contributed by atoms with E-state index in [1.807, 2.05) is 4.98 Å². The van der Waals surface area contributed by atoms with Crippen LogP contribution in [0.4, 0.5) is 8.78 Å². The van der Waals surface area contributed by atoms with Gasteiger partial charge in [-0.2, -0.15) is 0 Å². The summed E-state index contributed by atoms with van der Waals surface area (Å²) < 4.78 is 29.3. The molecule has 0 saturated heterocycles. The zero-order chi connectivity index (χ0) is 10.0. The minimum Gasteiger partial charge on any atom is -0.495 e. The summed E-state index contributed by atoms with van der Waals surface area (Å²) in [4.78, 5) is 12.9. The molecule has 0 atom stereocenters. The van der Waals surface area contributed by atoms with Crippen LogP contribution >= 0.6 is 15.9 Å². The van der Waals surface area contributed by atoms with Gasteiger partial charge in [-0.25, -0.2) is 8.78 Å². The standard InChI is InChI=1S/C7H6BrF2NO2/c1-13-4-2-3(8)7(12)11-5(4)6(9)10/h2,6H,1H3,(H,11,12). The van der Waals surface area contributed by atoms with Crippen molar-refractivity contribution in [2.45, 2.75) is 6.43 Å². The van der Waals surface area contributed by atoms with Gasteiger partial charge in [0.15, 0.2) is 0 Å². The van der Waals surface area contributed by atoms with E-state index in [-0.39, 0.29) is 10.2 Å². The van der Waals surface area contributed by atoms with E-state index in [9.17, 15) is 13.6 Å². The lowest BCUT2D eigenvalue weighted by atomic mass is 10.3. The predicted molar refractivity (Wildman–Crippen MR) is 46.3 cm³/mol. The number of methoxy groups -OCH3 is 1. The summed E-state index contributed by atoms with van der Waals surface area (Å²) in [5.41, 5.74) is -1.10. The fraction of sp³-hybridized carbons (Fsp3) is 0.286. The van der Waals surface area contributed by atoms with Crippen molar-refractivity contribution in [2.75, 3.05) is 7.11 Å². The van der Waals surface area contributed by atoms with Crippen LogP contribution in [0.3, 0.4) is 0 Å². The minimum atomic E-state index is -2.75. The molecular weight excluding hydrogens is 248 g/mol. The number of H-pyrrole nitrogens is 1. The third kappa shape index (κ3) is 2.06. The Morgan fingerprint density at radius 2 is 2.23 bits per heavy atom. The SMILES string of the molecule is COc1cc(Br)c(=O)[nH]c1C(F)F. The number of nitrogens with one attached hydrogen (secondary N) is 1. The lowest BCUT2D eigenvalue weighted by molar-refractivity contribution is 0.141. The Hall–Kier alpha value is -0.910. The van der Waals surface area contributed by atoms with Gasteiger partial charge in [0, 0.05) is 6.07 Å². The van der Waals surface area contributed by atoms with Gasteiger partial charge in [0.25, 0.3) is 12.0 Å². The molecule has 0 aromatic carbocycles. The number of rotatable bonds is 2. The first-order valence-electron chi connectivity index (χ1n) is 3.31. The zero-order valence-electron chi connectivity index (χ0n) is 6.61. The van der Waals surface area contributed by atoms with Gasteiger partial charge < -0.3 is 9.72 Å².